The first-order valence-corrected chi connectivity index (χ1v) is 11.5. The summed E-state index contributed by atoms with van der Waals surface area (Å²) < 4.78 is 2.33. The number of rotatable bonds is 7. The number of hydrogen-bond acceptors (Lipinski definition) is 5. The summed E-state index contributed by atoms with van der Waals surface area (Å²) in [5.74, 6) is 0.995. The fraction of sp³-hybridized carbons (Fsp3) is 0.455. The molecule has 1 fully saturated rings. The summed E-state index contributed by atoms with van der Waals surface area (Å²) in [7, 11) is 0. The second kappa shape index (κ2) is 8.95. The van der Waals surface area contributed by atoms with Crippen molar-refractivity contribution in [1.82, 2.24) is 25.1 Å². The lowest BCUT2D eigenvalue weighted by atomic mass is 10.1. The standard InChI is InChI=1S/C22H27N5OS/c1-15-14-18(17-10-5-6-11-19(17)24-15)21(28)23-13-7-12-20-25-26-22(29-2)27(20)16-8-3-4-9-16/h5-6,10-11,14,16H,3-4,7-9,12-13H2,1-2H3,(H,23,28). The molecule has 3 aromatic rings. The van der Waals surface area contributed by atoms with E-state index in [1.807, 2.05) is 37.3 Å². The van der Waals surface area contributed by atoms with E-state index in [4.69, 9.17) is 0 Å². The summed E-state index contributed by atoms with van der Waals surface area (Å²) in [6.07, 6.45) is 8.71. The molecule has 0 unspecified atom stereocenters. The number of nitrogens with one attached hydrogen (secondary N) is 1. The summed E-state index contributed by atoms with van der Waals surface area (Å²) in [4.78, 5) is 17.3. The number of amides is 1. The largest absolute Gasteiger partial charge is 0.352 e. The number of benzene rings is 1. The van der Waals surface area contributed by atoms with Gasteiger partial charge in [-0.15, -0.1) is 10.2 Å². The van der Waals surface area contributed by atoms with Gasteiger partial charge in [-0.1, -0.05) is 42.8 Å². The van der Waals surface area contributed by atoms with Crippen molar-refractivity contribution in [3.8, 4) is 0 Å². The molecule has 1 N–H and O–H groups in total. The first-order chi connectivity index (χ1) is 14.2. The Bertz CT molecular complexity index is 1010. The molecule has 6 nitrogen and oxygen atoms in total. The number of nitrogens with zero attached hydrogens (tertiary/aromatic N) is 4. The van der Waals surface area contributed by atoms with Gasteiger partial charge < -0.3 is 9.88 Å². The molecule has 29 heavy (non-hydrogen) atoms. The predicted molar refractivity (Wildman–Crippen MR) is 116 cm³/mol. The summed E-state index contributed by atoms with van der Waals surface area (Å²) in [6, 6.07) is 10.2. The number of pyridine rings is 1. The van der Waals surface area contributed by atoms with E-state index in [9.17, 15) is 4.79 Å². The van der Waals surface area contributed by atoms with Crippen LogP contribution in [0.15, 0.2) is 35.5 Å². The summed E-state index contributed by atoms with van der Waals surface area (Å²) >= 11 is 1.66. The Balaban J connectivity index is 1.39. The van der Waals surface area contributed by atoms with Crippen LogP contribution in [0.5, 0.6) is 0 Å². The number of carbonyl (C=O) groups is 1. The second-order valence-corrected chi connectivity index (χ2v) is 8.37. The summed E-state index contributed by atoms with van der Waals surface area (Å²) in [5, 5.41) is 13.8. The fourth-order valence-corrected chi connectivity index (χ4v) is 4.76. The van der Waals surface area contributed by atoms with Gasteiger partial charge in [0.15, 0.2) is 5.16 Å². The van der Waals surface area contributed by atoms with Crippen molar-refractivity contribution in [3.05, 3.63) is 47.4 Å². The molecule has 1 amide bonds. The molecule has 2 aromatic heterocycles. The smallest absolute Gasteiger partial charge is 0.252 e. The van der Waals surface area contributed by atoms with Gasteiger partial charge in [-0.25, -0.2) is 0 Å². The second-order valence-electron chi connectivity index (χ2n) is 7.60. The zero-order chi connectivity index (χ0) is 20.2. The van der Waals surface area contributed by atoms with Gasteiger partial charge in [0.05, 0.1) is 11.1 Å². The molecule has 4 rings (SSSR count). The Morgan fingerprint density at radius 2 is 2.03 bits per heavy atom. The van der Waals surface area contributed by atoms with E-state index in [2.05, 4.69) is 31.3 Å². The van der Waals surface area contributed by atoms with Crippen LogP contribution in [0.25, 0.3) is 10.9 Å². The van der Waals surface area contributed by atoms with Crippen molar-refractivity contribution in [3.63, 3.8) is 0 Å². The van der Waals surface area contributed by atoms with Crippen LogP contribution in [0.2, 0.25) is 0 Å². The third-order valence-electron chi connectivity index (χ3n) is 5.56. The van der Waals surface area contributed by atoms with Gasteiger partial charge >= 0.3 is 0 Å². The Morgan fingerprint density at radius 1 is 1.24 bits per heavy atom. The zero-order valence-corrected chi connectivity index (χ0v) is 17.8. The van der Waals surface area contributed by atoms with Crippen LogP contribution in [0, 0.1) is 6.92 Å². The molecule has 7 heteroatoms. The van der Waals surface area contributed by atoms with Crippen LogP contribution in [0.3, 0.4) is 0 Å². The minimum absolute atomic E-state index is 0.0474. The highest BCUT2D eigenvalue weighted by Crippen LogP contribution is 2.33. The van der Waals surface area contributed by atoms with Gasteiger partial charge in [0, 0.05) is 30.1 Å². The number of para-hydroxylation sites is 1. The number of carbonyl (C=O) groups excluding carboxylic acids is 1. The van der Waals surface area contributed by atoms with E-state index in [0.29, 0.717) is 18.2 Å². The van der Waals surface area contributed by atoms with Crippen LogP contribution < -0.4 is 5.32 Å². The topological polar surface area (TPSA) is 72.7 Å². The molecule has 2 heterocycles. The molecular weight excluding hydrogens is 382 g/mol. The third-order valence-corrected chi connectivity index (χ3v) is 6.20. The van der Waals surface area contributed by atoms with Crippen LogP contribution in [0.4, 0.5) is 0 Å². The van der Waals surface area contributed by atoms with Gasteiger partial charge in [-0.3, -0.25) is 9.78 Å². The maximum atomic E-state index is 12.8. The van der Waals surface area contributed by atoms with Gasteiger partial charge in [0.1, 0.15) is 5.82 Å². The molecule has 0 atom stereocenters. The van der Waals surface area contributed by atoms with Crippen molar-refractivity contribution in [2.24, 2.45) is 0 Å². The molecule has 0 bridgehead atoms. The fourth-order valence-electron chi connectivity index (χ4n) is 4.19. The summed E-state index contributed by atoms with van der Waals surface area (Å²) in [6.45, 7) is 2.53. The predicted octanol–water partition coefficient (Wildman–Crippen LogP) is 4.33. The number of hydrogen-bond donors (Lipinski definition) is 1. The highest BCUT2D eigenvalue weighted by atomic mass is 32.2. The minimum Gasteiger partial charge on any atom is -0.352 e. The SMILES string of the molecule is CSc1nnc(CCCNC(=O)c2cc(C)nc3ccccc23)n1C1CCCC1. The van der Waals surface area contributed by atoms with E-state index in [1.165, 1.54) is 25.7 Å². The normalized spacial score (nSPS) is 14.6. The number of aryl methyl sites for hydroxylation is 2. The molecule has 1 aliphatic rings. The Hall–Kier alpha value is -2.41. The first kappa shape index (κ1) is 19.9. The van der Waals surface area contributed by atoms with Crippen LogP contribution in [-0.4, -0.2) is 38.5 Å². The van der Waals surface area contributed by atoms with Crippen LogP contribution in [0.1, 0.15) is 60.0 Å². The average Bonchev–Trinajstić information content (AvgIpc) is 3.39. The molecule has 0 radical (unpaired) electrons. The molecular formula is C22H27N5OS. The minimum atomic E-state index is -0.0474. The van der Waals surface area contributed by atoms with Gasteiger partial charge in [-0.05, 0) is 44.6 Å². The average molecular weight is 410 g/mol. The lowest BCUT2D eigenvalue weighted by Gasteiger charge is -2.16. The van der Waals surface area contributed by atoms with E-state index in [0.717, 1.165) is 40.4 Å². The molecule has 0 aliphatic heterocycles. The van der Waals surface area contributed by atoms with Crippen molar-refractivity contribution in [2.45, 2.75) is 56.6 Å². The Morgan fingerprint density at radius 3 is 2.83 bits per heavy atom. The van der Waals surface area contributed by atoms with Gasteiger partial charge in [-0.2, -0.15) is 0 Å². The van der Waals surface area contributed by atoms with E-state index >= 15 is 0 Å². The van der Waals surface area contributed by atoms with Crippen molar-refractivity contribution in [2.75, 3.05) is 12.8 Å². The van der Waals surface area contributed by atoms with Crippen molar-refractivity contribution in [1.29, 1.82) is 0 Å². The van der Waals surface area contributed by atoms with Gasteiger partial charge in [0.25, 0.3) is 5.91 Å². The summed E-state index contributed by atoms with van der Waals surface area (Å²) in [5.41, 5.74) is 2.39. The highest BCUT2D eigenvalue weighted by Gasteiger charge is 2.23. The van der Waals surface area contributed by atoms with E-state index in [-0.39, 0.29) is 5.91 Å². The Kier molecular flexibility index (Phi) is 6.13. The molecule has 1 saturated carbocycles. The van der Waals surface area contributed by atoms with E-state index in [1.54, 1.807) is 11.8 Å². The zero-order valence-electron chi connectivity index (χ0n) is 17.0. The van der Waals surface area contributed by atoms with Crippen molar-refractivity contribution >= 4 is 28.6 Å². The molecule has 1 aromatic carbocycles. The quantitative estimate of drug-likeness (QED) is 0.464. The first-order valence-electron chi connectivity index (χ1n) is 10.3. The van der Waals surface area contributed by atoms with Crippen molar-refractivity contribution < 1.29 is 4.79 Å². The molecule has 152 valence electrons. The monoisotopic (exact) mass is 409 g/mol. The Labute approximate surface area is 175 Å². The maximum Gasteiger partial charge on any atom is 0.252 e. The third kappa shape index (κ3) is 4.29. The maximum absolute atomic E-state index is 12.8. The number of aromatic nitrogens is 4. The van der Waals surface area contributed by atoms with E-state index < -0.39 is 0 Å². The lowest BCUT2D eigenvalue weighted by molar-refractivity contribution is 0.0954. The van der Waals surface area contributed by atoms with Crippen LogP contribution >= 0.6 is 11.8 Å². The highest BCUT2D eigenvalue weighted by molar-refractivity contribution is 7.98. The molecule has 0 saturated heterocycles. The number of fused-ring (bicyclic) bond motifs is 1. The van der Waals surface area contributed by atoms with Gasteiger partial charge in [0.2, 0.25) is 0 Å². The van der Waals surface area contributed by atoms with Crippen LogP contribution in [-0.2, 0) is 6.42 Å². The lowest BCUT2D eigenvalue weighted by Crippen LogP contribution is -2.25. The molecule has 0 spiro atoms. The number of thioether (sulfide) groups is 1. The molecule has 1 aliphatic carbocycles.